The van der Waals surface area contributed by atoms with Gasteiger partial charge in [-0.2, -0.15) is 4.98 Å². The lowest BCUT2D eigenvalue weighted by atomic mass is 10.2. The molecule has 0 radical (unpaired) electrons. The summed E-state index contributed by atoms with van der Waals surface area (Å²) in [5, 5.41) is 5.49. The highest BCUT2D eigenvalue weighted by molar-refractivity contribution is 5.88. The van der Waals surface area contributed by atoms with Gasteiger partial charge in [0.15, 0.2) is 0 Å². The Balaban J connectivity index is 1.63. The second-order valence-corrected chi connectivity index (χ2v) is 6.75. The van der Waals surface area contributed by atoms with Gasteiger partial charge in [0.05, 0.1) is 12.6 Å². The Morgan fingerprint density at radius 2 is 2.15 bits per heavy atom. The van der Waals surface area contributed by atoms with Crippen molar-refractivity contribution in [1.29, 1.82) is 0 Å². The molecule has 1 aliphatic heterocycles. The van der Waals surface area contributed by atoms with Gasteiger partial charge >= 0.3 is 6.03 Å². The van der Waals surface area contributed by atoms with E-state index in [0.29, 0.717) is 30.5 Å². The molecule has 27 heavy (non-hydrogen) atoms. The third-order valence-electron chi connectivity index (χ3n) is 4.31. The van der Waals surface area contributed by atoms with Crippen LogP contribution >= 0.6 is 0 Å². The van der Waals surface area contributed by atoms with Gasteiger partial charge in [-0.3, -0.25) is 5.32 Å². The van der Waals surface area contributed by atoms with Crippen LogP contribution < -0.4 is 20.4 Å². The molecule has 2 amide bonds. The first-order chi connectivity index (χ1) is 12.9. The molecule has 2 N–H and O–H groups in total. The SMILES string of the molecule is Cc1cccc(NC(=O)NC[C@@H]2C[C@H](F)CN2c2ccnc(N(C)C)n2)n1. The minimum Gasteiger partial charge on any atom is -0.349 e. The Labute approximate surface area is 157 Å². The van der Waals surface area contributed by atoms with Crippen LogP contribution in [0.3, 0.4) is 0 Å². The van der Waals surface area contributed by atoms with Crippen molar-refractivity contribution in [2.24, 2.45) is 0 Å². The summed E-state index contributed by atoms with van der Waals surface area (Å²) >= 11 is 0. The molecule has 0 bridgehead atoms. The molecule has 1 aliphatic rings. The number of rotatable bonds is 5. The number of aryl methyl sites for hydroxylation is 1. The second kappa shape index (κ2) is 8.15. The summed E-state index contributed by atoms with van der Waals surface area (Å²) in [4.78, 5) is 28.7. The number of halogens is 1. The van der Waals surface area contributed by atoms with Gasteiger partial charge in [-0.05, 0) is 25.1 Å². The van der Waals surface area contributed by atoms with Crippen LogP contribution in [0.1, 0.15) is 12.1 Å². The number of carbonyl (C=O) groups is 1. The zero-order chi connectivity index (χ0) is 19.4. The molecule has 8 nitrogen and oxygen atoms in total. The van der Waals surface area contributed by atoms with Crippen molar-refractivity contribution in [2.75, 3.05) is 42.3 Å². The Morgan fingerprint density at radius 1 is 1.33 bits per heavy atom. The maximum Gasteiger partial charge on any atom is 0.320 e. The standard InChI is InChI=1S/C18H24FN7O/c1-12-5-4-6-15(22-12)23-18(27)21-10-14-9-13(19)11-26(14)16-7-8-20-17(24-16)25(2)3/h4-8,13-14H,9-11H2,1-3H3,(H2,21,22,23,27)/t13-,14-/m0/s1. The molecule has 0 unspecified atom stereocenters. The Kier molecular flexibility index (Phi) is 5.68. The molecule has 3 heterocycles. The number of carbonyl (C=O) groups excluding carboxylic acids is 1. The zero-order valence-corrected chi connectivity index (χ0v) is 15.7. The molecule has 0 aromatic carbocycles. The third kappa shape index (κ3) is 4.81. The van der Waals surface area contributed by atoms with E-state index in [1.54, 1.807) is 23.2 Å². The first-order valence-electron chi connectivity index (χ1n) is 8.82. The topological polar surface area (TPSA) is 86.3 Å². The van der Waals surface area contributed by atoms with Crippen LogP contribution in [0.15, 0.2) is 30.5 Å². The molecule has 0 aliphatic carbocycles. The number of amides is 2. The second-order valence-electron chi connectivity index (χ2n) is 6.75. The molecule has 0 spiro atoms. The van der Waals surface area contributed by atoms with Crippen LogP contribution in [-0.2, 0) is 0 Å². The van der Waals surface area contributed by atoms with E-state index in [-0.39, 0.29) is 18.6 Å². The molecule has 2 aromatic rings. The van der Waals surface area contributed by atoms with Crippen LogP contribution in [0, 0.1) is 6.92 Å². The van der Waals surface area contributed by atoms with Crippen molar-refractivity contribution in [2.45, 2.75) is 25.6 Å². The van der Waals surface area contributed by atoms with E-state index in [2.05, 4.69) is 25.6 Å². The summed E-state index contributed by atoms with van der Waals surface area (Å²) in [6.45, 7) is 2.40. The van der Waals surface area contributed by atoms with Gasteiger partial charge in [0.25, 0.3) is 0 Å². The minimum atomic E-state index is -0.962. The summed E-state index contributed by atoms with van der Waals surface area (Å²) in [5.74, 6) is 1.69. The molecule has 1 fully saturated rings. The quantitative estimate of drug-likeness (QED) is 0.834. The first-order valence-corrected chi connectivity index (χ1v) is 8.82. The van der Waals surface area contributed by atoms with Crippen molar-refractivity contribution in [3.63, 3.8) is 0 Å². The number of hydrogen-bond acceptors (Lipinski definition) is 6. The molecule has 3 rings (SSSR count). The number of urea groups is 1. The molecule has 0 saturated carbocycles. The molecule has 144 valence electrons. The highest BCUT2D eigenvalue weighted by Gasteiger charge is 2.33. The fraction of sp³-hybridized carbons (Fsp3) is 0.444. The number of nitrogens with zero attached hydrogens (tertiary/aromatic N) is 5. The maximum atomic E-state index is 14.1. The number of alkyl halides is 1. The van der Waals surface area contributed by atoms with Crippen molar-refractivity contribution in [3.05, 3.63) is 36.2 Å². The number of pyridine rings is 1. The van der Waals surface area contributed by atoms with Crippen LogP contribution in [0.4, 0.5) is 26.8 Å². The van der Waals surface area contributed by atoms with E-state index in [4.69, 9.17) is 0 Å². The lowest BCUT2D eigenvalue weighted by molar-refractivity contribution is 0.251. The Morgan fingerprint density at radius 3 is 2.89 bits per heavy atom. The van der Waals surface area contributed by atoms with Gasteiger partial charge in [0.2, 0.25) is 5.95 Å². The Bertz CT molecular complexity index is 801. The van der Waals surface area contributed by atoms with E-state index in [0.717, 1.165) is 5.69 Å². The number of hydrogen-bond donors (Lipinski definition) is 2. The monoisotopic (exact) mass is 373 g/mol. The lowest BCUT2D eigenvalue weighted by Gasteiger charge is -2.26. The largest absolute Gasteiger partial charge is 0.349 e. The minimum absolute atomic E-state index is 0.180. The Hall–Kier alpha value is -2.97. The van der Waals surface area contributed by atoms with Crippen molar-refractivity contribution < 1.29 is 9.18 Å². The lowest BCUT2D eigenvalue weighted by Crippen LogP contribution is -2.42. The van der Waals surface area contributed by atoms with E-state index >= 15 is 0 Å². The van der Waals surface area contributed by atoms with Gasteiger partial charge in [0.1, 0.15) is 17.8 Å². The highest BCUT2D eigenvalue weighted by atomic mass is 19.1. The average Bonchev–Trinajstić information content (AvgIpc) is 3.01. The smallest absolute Gasteiger partial charge is 0.320 e. The summed E-state index contributed by atoms with van der Waals surface area (Å²) in [7, 11) is 3.70. The van der Waals surface area contributed by atoms with Gasteiger partial charge in [-0.1, -0.05) is 6.07 Å². The van der Waals surface area contributed by atoms with Gasteiger partial charge in [0, 0.05) is 39.0 Å². The summed E-state index contributed by atoms with van der Waals surface area (Å²) in [6.07, 6.45) is 1.03. The maximum absolute atomic E-state index is 14.1. The molecule has 2 atom stereocenters. The van der Waals surface area contributed by atoms with E-state index in [1.165, 1.54) is 0 Å². The van der Waals surface area contributed by atoms with Gasteiger partial charge < -0.3 is 15.1 Å². The molecule has 1 saturated heterocycles. The molecular formula is C18H24FN7O. The number of nitrogens with one attached hydrogen (secondary N) is 2. The van der Waals surface area contributed by atoms with Gasteiger partial charge in [-0.25, -0.2) is 19.2 Å². The number of aromatic nitrogens is 3. The average molecular weight is 373 g/mol. The zero-order valence-electron chi connectivity index (χ0n) is 15.7. The van der Waals surface area contributed by atoms with E-state index < -0.39 is 6.17 Å². The van der Waals surface area contributed by atoms with Crippen LogP contribution in [0.5, 0.6) is 0 Å². The van der Waals surface area contributed by atoms with Crippen LogP contribution in [-0.4, -0.2) is 60.4 Å². The molecule has 9 heteroatoms. The van der Waals surface area contributed by atoms with Crippen LogP contribution in [0.2, 0.25) is 0 Å². The third-order valence-corrected chi connectivity index (χ3v) is 4.31. The van der Waals surface area contributed by atoms with Crippen molar-refractivity contribution >= 4 is 23.6 Å². The summed E-state index contributed by atoms with van der Waals surface area (Å²) in [6, 6.07) is 6.60. The summed E-state index contributed by atoms with van der Waals surface area (Å²) < 4.78 is 14.1. The predicted octanol–water partition coefficient (Wildman–Crippen LogP) is 1.98. The first kappa shape index (κ1) is 18.8. The van der Waals surface area contributed by atoms with Crippen LogP contribution in [0.25, 0.3) is 0 Å². The normalized spacial score (nSPS) is 19.0. The number of anilines is 3. The van der Waals surface area contributed by atoms with E-state index in [1.807, 2.05) is 38.1 Å². The van der Waals surface area contributed by atoms with Gasteiger partial charge in [-0.15, -0.1) is 0 Å². The van der Waals surface area contributed by atoms with E-state index in [9.17, 15) is 9.18 Å². The summed E-state index contributed by atoms with van der Waals surface area (Å²) in [5.41, 5.74) is 0.815. The fourth-order valence-corrected chi connectivity index (χ4v) is 3.03. The highest BCUT2D eigenvalue weighted by Crippen LogP contribution is 2.26. The predicted molar refractivity (Wildman–Crippen MR) is 103 cm³/mol. The fourth-order valence-electron chi connectivity index (χ4n) is 3.03. The molecular weight excluding hydrogens is 349 g/mol. The van der Waals surface area contributed by atoms with Crippen molar-refractivity contribution in [1.82, 2.24) is 20.3 Å². The van der Waals surface area contributed by atoms with Crippen molar-refractivity contribution in [3.8, 4) is 0 Å². The molecule has 2 aromatic heterocycles.